The van der Waals surface area contributed by atoms with Crippen LogP contribution in [0.4, 0.5) is 5.69 Å². The van der Waals surface area contributed by atoms with Crippen molar-refractivity contribution in [2.45, 2.75) is 4.90 Å². The van der Waals surface area contributed by atoms with E-state index in [0.717, 1.165) is 21.7 Å². The standard InChI is InChI=1S/C17H15NO3S/c1-20-12-7-8-14-11(9-12)10-15(21-14)17(19)18-13-5-3-4-6-16(13)22-2/h3-10H,1-2H3,(H,18,19). The van der Waals surface area contributed by atoms with Gasteiger partial charge in [-0.15, -0.1) is 11.8 Å². The van der Waals surface area contributed by atoms with Gasteiger partial charge in [-0.25, -0.2) is 0 Å². The van der Waals surface area contributed by atoms with Gasteiger partial charge >= 0.3 is 0 Å². The lowest BCUT2D eigenvalue weighted by Crippen LogP contribution is -2.11. The fourth-order valence-corrected chi connectivity index (χ4v) is 2.75. The molecule has 0 aliphatic heterocycles. The van der Waals surface area contributed by atoms with Gasteiger partial charge in [-0.2, -0.15) is 0 Å². The summed E-state index contributed by atoms with van der Waals surface area (Å²) in [6.07, 6.45) is 1.97. The summed E-state index contributed by atoms with van der Waals surface area (Å²) in [5.41, 5.74) is 1.43. The summed E-state index contributed by atoms with van der Waals surface area (Å²) in [5, 5.41) is 3.72. The number of hydrogen-bond acceptors (Lipinski definition) is 4. The van der Waals surface area contributed by atoms with Crippen LogP contribution in [0.2, 0.25) is 0 Å². The molecule has 112 valence electrons. The minimum atomic E-state index is -0.267. The zero-order valence-electron chi connectivity index (χ0n) is 12.3. The Balaban J connectivity index is 1.88. The minimum Gasteiger partial charge on any atom is -0.497 e. The van der Waals surface area contributed by atoms with Crippen LogP contribution in [0.3, 0.4) is 0 Å². The first-order valence-electron chi connectivity index (χ1n) is 6.73. The molecule has 3 aromatic rings. The Hall–Kier alpha value is -2.40. The topological polar surface area (TPSA) is 51.5 Å². The SMILES string of the molecule is COc1ccc2oc(C(=O)Nc3ccccc3SC)cc2c1. The smallest absolute Gasteiger partial charge is 0.291 e. The lowest BCUT2D eigenvalue weighted by Gasteiger charge is -2.07. The van der Waals surface area contributed by atoms with Crippen LogP contribution in [0.5, 0.6) is 5.75 Å². The molecular formula is C17H15NO3S. The maximum Gasteiger partial charge on any atom is 0.291 e. The first kappa shape index (κ1) is 14.5. The van der Waals surface area contributed by atoms with Crippen molar-refractivity contribution >= 4 is 34.3 Å². The van der Waals surface area contributed by atoms with Gasteiger partial charge < -0.3 is 14.5 Å². The number of anilines is 1. The molecule has 0 aliphatic rings. The van der Waals surface area contributed by atoms with Gasteiger partial charge in [-0.05, 0) is 42.7 Å². The molecule has 0 saturated carbocycles. The third-order valence-electron chi connectivity index (χ3n) is 3.30. The highest BCUT2D eigenvalue weighted by molar-refractivity contribution is 7.98. The molecule has 1 heterocycles. The van der Waals surface area contributed by atoms with Crippen molar-refractivity contribution in [3.05, 3.63) is 54.3 Å². The van der Waals surface area contributed by atoms with Gasteiger partial charge in [0.1, 0.15) is 11.3 Å². The van der Waals surface area contributed by atoms with Gasteiger partial charge in [0.25, 0.3) is 5.91 Å². The Morgan fingerprint density at radius 2 is 2.00 bits per heavy atom. The summed E-state index contributed by atoms with van der Waals surface area (Å²) < 4.78 is 10.8. The lowest BCUT2D eigenvalue weighted by atomic mass is 10.2. The van der Waals surface area contributed by atoms with E-state index in [-0.39, 0.29) is 11.7 Å². The maximum absolute atomic E-state index is 12.4. The third kappa shape index (κ3) is 2.80. The van der Waals surface area contributed by atoms with Crippen molar-refractivity contribution in [3.8, 4) is 5.75 Å². The fourth-order valence-electron chi connectivity index (χ4n) is 2.19. The van der Waals surface area contributed by atoms with Crippen molar-refractivity contribution in [3.63, 3.8) is 0 Å². The number of carbonyl (C=O) groups is 1. The Bertz CT molecular complexity index is 826. The third-order valence-corrected chi connectivity index (χ3v) is 4.10. The molecule has 0 unspecified atom stereocenters. The number of hydrogen-bond donors (Lipinski definition) is 1. The maximum atomic E-state index is 12.4. The van der Waals surface area contributed by atoms with Gasteiger partial charge in [0.15, 0.2) is 5.76 Å². The predicted molar refractivity (Wildman–Crippen MR) is 88.9 cm³/mol. The quantitative estimate of drug-likeness (QED) is 0.725. The summed E-state index contributed by atoms with van der Waals surface area (Å²) in [4.78, 5) is 13.4. The van der Waals surface area contributed by atoms with Crippen LogP contribution in [-0.4, -0.2) is 19.3 Å². The second-order valence-electron chi connectivity index (χ2n) is 4.67. The molecule has 0 fully saturated rings. The molecule has 22 heavy (non-hydrogen) atoms. The van der Waals surface area contributed by atoms with Gasteiger partial charge in [0, 0.05) is 10.3 Å². The molecule has 0 bridgehead atoms. The van der Waals surface area contributed by atoms with E-state index in [2.05, 4.69) is 5.32 Å². The highest BCUT2D eigenvalue weighted by Crippen LogP contribution is 2.27. The largest absolute Gasteiger partial charge is 0.497 e. The van der Waals surface area contributed by atoms with Gasteiger partial charge in [-0.1, -0.05) is 12.1 Å². The number of ether oxygens (including phenoxy) is 1. The molecule has 0 saturated heterocycles. The average Bonchev–Trinajstić information content (AvgIpc) is 2.98. The Morgan fingerprint density at radius 3 is 2.77 bits per heavy atom. The number of thioether (sulfide) groups is 1. The molecule has 0 aliphatic carbocycles. The summed E-state index contributed by atoms with van der Waals surface area (Å²) in [6, 6.07) is 14.8. The number of nitrogens with one attached hydrogen (secondary N) is 1. The number of methoxy groups -OCH3 is 1. The average molecular weight is 313 g/mol. The van der Waals surface area contributed by atoms with Crippen molar-refractivity contribution in [1.29, 1.82) is 0 Å². The Morgan fingerprint density at radius 1 is 1.18 bits per heavy atom. The number of para-hydroxylation sites is 1. The van der Waals surface area contributed by atoms with Gasteiger partial charge in [0.05, 0.1) is 12.8 Å². The molecule has 0 atom stereocenters. The number of furan rings is 1. The lowest BCUT2D eigenvalue weighted by molar-refractivity contribution is 0.0998. The van der Waals surface area contributed by atoms with E-state index in [9.17, 15) is 4.79 Å². The van der Waals surface area contributed by atoms with E-state index in [1.54, 1.807) is 37.1 Å². The summed E-state index contributed by atoms with van der Waals surface area (Å²) in [6.45, 7) is 0. The van der Waals surface area contributed by atoms with Crippen LogP contribution in [0.1, 0.15) is 10.6 Å². The molecule has 0 spiro atoms. The van der Waals surface area contributed by atoms with Crippen molar-refractivity contribution in [2.24, 2.45) is 0 Å². The second-order valence-corrected chi connectivity index (χ2v) is 5.52. The van der Waals surface area contributed by atoms with Crippen molar-refractivity contribution in [1.82, 2.24) is 0 Å². The molecule has 1 N–H and O–H groups in total. The fraction of sp³-hybridized carbons (Fsp3) is 0.118. The van der Waals surface area contributed by atoms with Crippen LogP contribution < -0.4 is 10.1 Å². The van der Waals surface area contributed by atoms with Crippen LogP contribution in [0.25, 0.3) is 11.0 Å². The Kier molecular flexibility index (Phi) is 4.06. The number of amides is 1. The highest BCUT2D eigenvalue weighted by atomic mass is 32.2. The van der Waals surface area contributed by atoms with E-state index >= 15 is 0 Å². The van der Waals surface area contributed by atoms with E-state index in [1.165, 1.54) is 0 Å². The highest BCUT2D eigenvalue weighted by Gasteiger charge is 2.14. The van der Waals surface area contributed by atoms with Crippen LogP contribution >= 0.6 is 11.8 Å². The zero-order chi connectivity index (χ0) is 15.5. The van der Waals surface area contributed by atoms with Crippen molar-refractivity contribution in [2.75, 3.05) is 18.7 Å². The van der Waals surface area contributed by atoms with E-state index in [1.807, 2.05) is 36.6 Å². The molecule has 4 nitrogen and oxygen atoms in total. The molecule has 0 radical (unpaired) electrons. The predicted octanol–water partition coefficient (Wildman–Crippen LogP) is 4.42. The normalized spacial score (nSPS) is 10.6. The molecule has 3 rings (SSSR count). The monoisotopic (exact) mass is 313 g/mol. The van der Waals surface area contributed by atoms with Crippen molar-refractivity contribution < 1.29 is 13.9 Å². The summed E-state index contributed by atoms with van der Waals surface area (Å²) >= 11 is 1.58. The molecule has 5 heteroatoms. The number of benzene rings is 2. The first-order chi connectivity index (χ1) is 10.7. The van der Waals surface area contributed by atoms with Crippen LogP contribution in [0, 0.1) is 0 Å². The van der Waals surface area contributed by atoms with Crippen LogP contribution in [-0.2, 0) is 0 Å². The molecule has 1 aromatic heterocycles. The zero-order valence-corrected chi connectivity index (χ0v) is 13.1. The molecule has 2 aromatic carbocycles. The number of carbonyl (C=O) groups excluding carboxylic acids is 1. The second kappa shape index (κ2) is 6.15. The number of rotatable bonds is 4. The summed E-state index contributed by atoms with van der Waals surface area (Å²) in [5.74, 6) is 0.740. The molecular weight excluding hydrogens is 298 g/mol. The van der Waals surface area contributed by atoms with Gasteiger partial charge in [0.2, 0.25) is 0 Å². The van der Waals surface area contributed by atoms with Gasteiger partial charge in [-0.3, -0.25) is 4.79 Å². The van der Waals surface area contributed by atoms with E-state index < -0.39 is 0 Å². The summed E-state index contributed by atoms with van der Waals surface area (Å²) in [7, 11) is 1.61. The first-order valence-corrected chi connectivity index (χ1v) is 7.95. The molecule has 1 amide bonds. The van der Waals surface area contributed by atoms with E-state index in [4.69, 9.17) is 9.15 Å². The van der Waals surface area contributed by atoms with E-state index in [0.29, 0.717) is 5.58 Å². The number of fused-ring (bicyclic) bond motifs is 1. The minimum absolute atomic E-state index is 0.267. The van der Waals surface area contributed by atoms with Crippen LogP contribution in [0.15, 0.2) is 57.8 Å². The Labute approximate surface area is 132 Å².